The summed E-state index contributed by atoms with van der Waals surface area (Å²) in [7, 11) is 0. The molecule has 0 radical (unpaired) electrons. The van der Waals surface area contributed by atoms with Crippen LogP contribution in [0.2, 0.25) is 0 Å². The Morgan fingerprint density at radius 3 is 0.848 bits per heavy atom. The maximum absolute atomic E-state index is 13.8. The monoisotopic (exact) mass is 620 g/mol. The molecule has 242 valence electrons. The van der Waals surface area contributed by atoms with Gasteiger partial charge in [0, 0.05) is 82.6 Å². The molecule has 0 fully saturated rings. The maximum atomic E-state index is 13.8. The first-order chi connectivity index (χ1) is 21.3. The van der Waals surface area contributed by atoms with E-state index in [1.54, 1.807) is 0 Å². The van der Waals surface area contributed by atoms with Gasteiger partial charge in [-0.3, -0.25) is 19.2 Å². The van der Waals surface area contributed by atoms with Crippen molar-refractivity contribution in [2.45, 2.75) is 119 Å². The molecule has 6 nitrogen and oxygen atoms in total. The second-order valence-electron chi connectivity index (χ2n) is 18.1. The number of carbonyl (C=O) groups is 4. The Morgan fingerprint density at radius 2 is 0.630 bits per heavy atom. The summed E-state index contributed by atoms with van der Waals surface area (Å²) in [5.74, 6) is -0.424. The zero-order chi connectivity index (χ0) is 33.1. The van der Waals surface area contributed by atoms with Crippen LogP contribution >= 0.6 is 0 Å². The van der Waals surface area contributed by atoms with Crippen LogP contribution in [0.4, 0.5) is 0 Å². The molecule has 0 saturated carbocycles. The number of ketones is 4. The number of nitrogens with one attached hydrogen (secondary N) is 2. The third-order valence-corrected chi connectivity index (χ3v) is 11.0. The molecular weight excluding hydrogens is 572 g/mol. The number of allylic oxidation sites excluding steroid dienone is 8. The molecule has 0 unspecified atom stereocenters. The van der Waals surface area contributed by atoms with Gasteiger partial charge in [0.25, 0.3) is 0 Å². The third kappa shape index (κ3) is 5.16. The molecule has 6 heteroatoms. The largest absolute Gasteiger partial charge is 0.362 e. The summed E-state index contributed by atoms with van der Waals surface area (Å²) in [6.07, 6.45) is 4.83. The predicted octanol–water partition coefficient (Wildman–Crippen LogP) is 7.63. The van der Waals surface area contributed by atoms with Crippen LogP contribution in [-0.2, 0) is 19.2 Å². The Bertz CT molecular complexity index is 1520. The van der Waals surface area contributed by atoms with E-state index in [1.165, 1.54) is 0 Å². The van der Waals surface area contributed by atoms with Crippen molar-refractivity contribution in [3.8, 4) is 0 Å². The lowest BCUT2D eigenvalue weighted by molar-refractivity contribution is -0.120. The molecule has 4 aliphatic carbocycles. The first-order valence-corrected chi connectivity index (χ1v) is 17.0. The van der Waals surface area contributed by atoms with Crippen molar-refractivity contribution >= 4 is 23.1 Å². The van der Waals surface area contributed by atoms with Crippen LogP contribution in [0.1, 0.15) is 130 Å². The molecule has 0 saturated heterocycles. The Morgan fingerprint density at radius 1 is 0.413 bits per heavy atom. The maximum Gasteiger partial charge on any atom is 0.162 e. The topological polar surface area (TPSA) is 92.3 Å². The molecule has 46 heavy (non-hydrogen) atoms. The van der Waals surface area contributed by atoms with Gasteiger partial charge in [0.05, 0.1) is 0 Å². The van der Waals surface area contributed by atoms with E-state index in [-0.39, 0.29) is 44.8 Å². The first kappa shape index (κ1) is 31.1. The molecule has 0 aromatic heterocycles. The zero-order valence-corrected chi connectivity index (χ0v) is 28.8. The second kappa shape index (κ2) is 9.98. The van der Waals surface area contributed by atoms with E-state index in [0.717, 1.165) is 81.9 Å². The average Bonchev–Trinajstić information content (AvgIpc) is 2.88. The van der Waals surface area contributed by atoms with Gasteiger partial charge < -0.3 is 10.6 Å². The van der Waals surface area contributed by atoms with Crippen LogP contribution in [0.5, 0.6) is 0 Å². The van der Waals surface area contributed by atoms with E-state index < -0.39 is 11.8 Å². The first-order valence-electron chi connectivity index (χ1n) is 17.0. The predicted molar refractivity (Wildman–Crippen MR) is 178 cm³/mol. The fourth-order valence-electron chi connectivity index (χ4n) is 9.33. The van der Waals surface area contributed by atoms with E-state index >= 15 is 0 Å². The molecule has 0 spiro atoms. The zero-order valence-electron chi connectivity index (χ0n) is 28.8. The number of rotatable bonds is 2. The number of carbonyl (C=O) groups excluding carboxylic acids is 4. The minimum atomic E-state index is -0.417. The van der Waals surface area contributed by atoms with Crippen LogP contribution < -0.4 is 10.6 Å². The highest BCUT2D eigenvalue weighted by atomic mass is 16.1. The summed E-state index contributed by atoms with van der Waals surface area (Å²) < 4.78 is 0. The van der Waals surface area contributed by atoms with Crippen LogP contribution in [0.15, 0.2) is 69.3 Å². The molecule has 6 aliphatic rings. The lowest BCUT2D eigenvalue weighted by atomic mass is 9.63. The summed E-state index contributed by atoms with van der Waals surface area (Å²) in [5, 5.41) is 7.20. The second-order valence-corrected chi connectivity index (χ2v) is 18.1. The van der Waals surface area contributed by atoms with Crippen LogP contribution in [0.25, 0.3) is 0 Å². The van der Waals surface area contributed by atoms with Crippen molar-refractivity contribution in [2.75, 3.05) is 0 Å². The van der Waals surface area contributed by atoms with Crippen molar-refractivity contribution in [3.05, 3.63) is 80.5 Å². The van der Waals surface area contributed by atoms with E-state index in [4.69, 9.17) is 0 Å². The summed E-state index contributed by atoms with van der Waals surface area (Å²) in [4.78, 5) is 55.3. The summed E-state index contributed by atoms with van der Waals surface area (Å²) in [5.41, 5.74) is 7.92. The summed E-state index contributed by atoms with van der Waals surface area (Å²) >= 11 is 0. The van der Waals surface area contributed by atoms with Gasteiger partial charge >= 0.3 is 0 Å². The van der Waals surface area contributed by atoms with Gasteiger partial charge in [-0.15, -0.1) is 0 Å². The Labute approximate surface area is 273 Å². The Kier molecular flexibility index (Phi) is 6.74. The quantitative estimate of drug-likeness (QED) is 0.353. The van der Waals surface area contributed by atoms with Gasteiger partial charge in [-0.2, -0.15) is 0 Å². The summed E-state index contributed by atoms with van der Waals surface area (Å²) in [6.45, 7) is 17.0. The highest BCUT2D eigenvalue weighted by molar-refractivity contribution is 6.08. The number of hydrogen-bond acceptors (Lipinski definition) is 6. The minimum absolute atomic E-state index is 0.103. The smallest absolute Gasteiger partial charge is 0.162 e. The molecule has 1 aromatic rings. The SMILES string of the molecule is CC1(C)CC(=O)C2=C(C1)NC1=C(C(=O)CC(C)(C)C1)C2c1ccc(C2C3=C(CC(C)(C)CC3=O)NC3=C2C(=O)CC(C)(C)C3)cc1. The van der Waals surface area contributed by atoms with Crippen molar-refractivity contribution in [1.82, 2.24) is 10.6 Å². The van der Waals surface area contributed by atoms with E-state index in [2.05, 4.69) is 66.0 Å². The van der Waals surface area contributed by atoms with E-state index in [1.807, 2.05) is 24.3 Å². The number of Topliss-reactive ketones (excluding diaryl/α,β-unsaturated/α-hetero) is 4. The molecule has 7 rings (SSSR count). The van der Waals surface area contributed by atoms with E-state index in [0.29, 0.717) is 25.7 Å². The van der Waals surface area contributed by atoms with E-state index in [9.17, 15) is 19.2 Å². The highest BCUT2D eigenvalue weighted by Crippen LogP contribution is 2.53. The normalized spacial score (nSPS) is 27.1. The molecular formula is C40H48N2O4. The van der Waals surface area contributed by atoms with Gasteiger partial charge in [0.15, 0.2) is 23.1 Å². The van der Waals surface area contributed by atoms with Gasteiger partial charge in [-0.1, -0.05) is 79.7 Å². The number of hydrogen-bond donors (Lipinski definition) is 2. The highest BCUT2D eigenvalue weighted by Gasteiger charge is 2.48. The molecule has 0 atom stereocenters. The van der Waals surface area contributed by atoms with Crippen molar-refractivity contribution in [1.29, 1.82) is 0 Å². The lowest BCUT2D eigenvalue weighted by Gasteiger charge is -2.44. The van der Waals surface area contributed by atoms with Gasteiger partial charge in [-0.25, -0.2) is 0 Å². The molecule has 1 aromatic carbocycles. The van der Waals surface area contributed by atoms with Crippen molar-refractivity contribution in [3.63, 3.8) is 0 Å². The molecule has 0 bridgehead atoms. The lowest BCUT2D eigenvalue weighted by Crippen LogP contribution is -2.42. The molecule has 2 heterocycles. The third-order valence-electron chi connectivity index (χ3n) is 11.0. The standard InChI is InChI=1S/C40H48N2O4/c1-37(2)13-23-33(27(43)17-37)31(34-24(41-23)14-38(3,4)18-28(34)44)21-9-11-22(12-10-21)32-35-25(15-39(5,6)19-29(35)45)42-26-16-40(7,8)20-30(46)36(26)32/h9-12,31-32,41-42H,13-20H2,1-8H3. The van der Waals surface area contributed by atoms with Crippen molar-refractivity contribution in [2.24, 2.45) is 21.7 Å². The number of dihydropyridines is 2. The minimum Gasteiger partial charge on any atom is -0.362 e. The fourth-order valence-corrected chi connectivity index (χ4v) is 9.33. The van der Waals surface area contributed by atoms with Gasteiger partial charge in [0.1, 0.15) is 0 Å². The van der Waals surface area contributed by atoms with Crippen LogP contribution in [0, 0.1) is 21.7 Å². The summed E-state index contributed by atoms with van der Waals surface area (Å²) in [6, 6.07) is 8.16. The fraction of sp³-hybridized carbons (Fsp3) is 0.550. The van der Waals surface area contributed by atoms with Crippen molar-refractivity contribution < 1.29 is 19.2 Å². The molecule has 2 N–H and O–H groups in total. The van der Waals surface area contributed by atoms with Crippen LogP contribution in [-0.4, -0.2) is 23.1 Å². The molecule has 2 aliphatic heterocycles. The Hall–Kier alpha value is -3.54. The average molecular weight is 621 g/mol. The van der Waals surface area contributed by atoms with Crippen LogP contribution in [0.3, 0.4) is 0 Å². The Balaban J connectivity index is 1.35. The van der Waals surface area contributed by atoms with Gasteiger partial charge in [0.2, 0.25) is 0 Å². The molecule has 0 amide bonds. The number of benzene rings is 1. The van der Waals surface area contributed by atoms with Gasteiger partial charge in [-0.05, 0) is 58.5 Å².